The van der Waals surface area contributed by atoms with Crippen LogP contribution in [0, 0.1) is 6.92 Å². The molecule has 6 heteroatoms. The maximum absolute atomic E-state index is 11.9. The average Bonchev–Trinajstić information content (AvgIpc) is 2.65. The zero-order valence-electron chi connectivity index (χ0n) is 12.5. The van der Waals surface area contributed by atoms with E-state index in [4.69, 9.17) is 5.11 Å². The number of aryl methyl sites for hydroxylation is 1. The van der Waals surface area contributed by atoms with Gasteiger partial charge in [-0.15, -0.1) is 11.3 Å². The molecule has 0 aliphatic rings. The van der Waals surface area contributed by atoms with Gasteiger partial charge < -0.3 is 15.7 Å². The summed E-state index contributed by atoms with van der Waals surface area (Å²) >= 11 is 1.25. The summed E-state index contributed by atoms with van der Waals surface area (Å²) < 4.78 is 0. The van der Waals surface area contributed by atoms with E-state index in [1.165, 1.54) is 11.3 Å². The molecular formula is C14H22N2O3S. The highest BCUT2D eigenvalue weighted by atomic mass is 32.1. The van der Waals surface area contributed by atoms with E-state index >= 15 is 0 Å². The van der Waals surface area contributed by atoms with E-state index in [-0.39, 0.29) is 17.5 Å². The van der Waals surface area contributed by atoms with Crippen LogP contribution < -0.4 is 10.6 Å². The monoisotopic (exact) mass is 298 g/mol. The van der Waals surface area contributed by atoms with Crippen molar-refractivity contribution in [1.82, 2.24) is 10.6 Å². The second-order valence-electron chi connectivity index (χ2n) is 5.84. The fourth-order valence-corrected chi connectivity index (χ4v) is 2.51. The van der Waals surface area contributed by atoms with Gasteiger partial charge in [-0.1, -0.05) is 0 Å². The highest BCUT2D eigenvalue weighted by molar-refractivity contribution is 7.14. The molecule has 1 atom stereocenters. The van der Waals surface area contributed by atoms with Crippen LogP contribution in [0.15, 0.2) is 6.07 Å². The van der Waals surface area contributed by atoms with Crippen molar-refractivity contribution in [2.24, 2.45) is 0 Å². The van der Waals surface area contributed by atoms with Crippen LogP contribution in [-0.2, 0) is 11.3 Å². The number of amides is 1. The first kappa shape index (κ1) is 16.7. The molecule has 0 fully saturated rings. The van der Waals surface area contributed by atoms with Gasteiger partial charge in [0.15, 0.2) is 0 Å². The molecule has 1 aromatic heterocycles. The molecule has 1 heterocycles. The van der Waals surface area contributed by atoms with Gasteiger partial charge in [-0.3, -0.25) is 4.79 Å². The molecule has 0 radical (unpaired) electrons. The summed E-state index contributed by atoms with van der Waals surface area (Å²) in [4.78, 5) is 24.1. The van der Waals surface area contributed by atoms with E-state index in [1.54, 1.807) is 13.0 Å². The Morgan fingerprint density at radius 1 is 1.40 bits per heavy atom. The summed E-state index contributed by atoms with van der Waals surface area (Å²) in [5, 5.41) is 15.0. The largest absolute Gasteiger partial charge is 0.477 e. The third kappa shape index (κ3) is 4.94. The van der Waals surface area contributed by atoms with Gasteiger partial charge in [0.25, 0.3) is 0 Å². The molecule has 1 unspecified atom stereocenters. The lowest BCUT2D eigenvalue weighted by molar-refractivity contribution is -0.124. The Labute approximate surface area is 123 Å². The molecule has 0 saturated heterocycles. The standard InChI is InChI=1S/C14H22N2O3S/c1-8(12(17)16-14(3,4)5)15-7-10-6-11(13(18)19)20-9(10)2/h6,8,15H,7H2,1-5H3,(H,16,17)(H,18,19). The Morgan fingerprint density at radius 3 is 2.45 bits per heavy atom. The number of carbonyl (C=O) groups excluding carboxylic acids is 1. The van der Waals surface area contributed by atoms with E-state index in [1.807, 2.05) is 27.7 Å². The number of aromatic carboxylic acids is 1. The molecule has 0 aliphatic carbocycles. The Balaban J connectivity index is 2.59. The second-order valence-corrected chi connectivity index (χ2v) is 7.10. The number of rotatable bonds is 5. The second kappa shape index (κ2) is 6.37. The third-order valence-corrected chi connectivity index (χ3v) is 3.80. The van der Waals surface area contributed by atoms with E-state index in [9.17, 15) is 9.59 Å². The molecular weight excluding hydrogens is 276 g/mol. The van der Waals surface area contributed by atoms with Gasteiger partial charge in [-0.2, -0.15) is 0 Å². The third-order valence-electron chi connectivity index (χ3n) is 2.72. The zero-order chi connectivity index (χ0) is 15.5. The van der Waals surface area contributed by atoms with Gasteiger partial charge in [-0.25, -0.2) is 4.79 Å². The van der Waals surface area contributed by atoms with Crippen LogP contribution in [0.3, 0.4) is 0 Å². The predicted molar refractivity (Wildman–Crippen MR) is 80.2 cm³/mol. The lowest BCUT2D eigenvalue weighted by Crippen LogP contribution is -2.49. The molecule has 1 rings (SSSR count). The van der Waals surface area contributed by atoms with Crippen molar-refractivity contribution in [3.05, 3.63) is 21.4 Å². The maximum atomic E-state index is 11.9. The Hall–Kier alpha value is -1.40. The minimum Gasteiger partial charge on any atom is -0.477 e. The number of hydrogen-bond donors (Lipinski definition) is 3. The van der Waals surface area contributed by atoms with Crippen molar-refractivity contribution < 1.29 is 14.7 Å². The first-order valence-corrected chi connectivity index (χ1v) is 7.30. The summed E-state index contributed by atoms with van der Waals surface area (Å²) in [6, 6.07) is 1.32. The van der Waals surface area contributed by atoms with Crippen molar-refractivity contribution in [3.8, 4) is 0 Å². The van der Waals surface area contributed by atoms with Crippen LogP contribution in [0.2, 0.25) is 0 Å². The van der Waals surface area contributed by atoms with Crippen LogP contribution in [0.4, 0.5) is 0 Å². The topological polar surface area (TPSA) is 78.4 Å². The van der Waals surface area contributed by atoms with Crippen LogP contribution in [0.25, 0.3) is 0 Å². The molecule has 20 heavy (non-hydrogen) atoms. The molecule has 0 aliphatic heterocycles. The van der Waals surface area contributed by atoms with E-state index < -0.39 is 5.97 Å². The van der Waals surface area contributed by atoms with Crippen molar-refractivity contribution in [3.63, 3.8) is 0 Å². The molecule has 5 nitrogen and oxygen atoms in total. The van der Waals surface area contributed by atoms with Crippen LogP contribution >= 0.6 is 11.3 Å². The summed E-state index contributed by atoms with van der Waals surface area (Å²) in [7, 11) is 0. The quantitative estimate of drug-likeness (QED) is 0.778. The van der Waals surface area contributed by atoms with Gasteiger partial charge in [0.05, 0.1) is 6.04 Å². The molecule has 3 N–H and O–H groups in total. The first-order valence-electron chi connectivity index (χ1n) is 6.48. The normalized spacial score (nSPS) is 13.1. The van der Waals surface area contributed by atoms with Crippen LogP contribution in [-0.4, -0.2) is 28.6 Å². The number of carboxylic acid groups (broad SMARTS) is 1. The fourth-order valence-electron chi connectivity index (χ4n) is 1.63. The highest BCUT2D eigenvalue weighted by Crippen LogP contribution is 2.21. The summed E-state index contributed by atoms with van der Waals surface area (Å²) in [6.45, 7) is 9.95. The van der Waals surface area contributed by atoms with Crippen LogP contribution in [0.1, 0.15) is 47.8 Å². The minimum absolute atomic E-state index is 0.0659. The Morgan fingerprint density at radius 2 is 2.00 bits per heavy atom. The molecule has 0 spiro atoms. The Kier molecular flexibility index (Phi) is 5.30. The predicted octanol–water partition coefficient (Wildman–Crippen LogP) is 2.15. The van der Waals surface area contributed by atoms with Gasteiger partial charge in [0, 0.05) is 17.0 Å². The van der Waals surface area contributed by atoms with Gasteiger partial charge in [0.1, 0.15) is 4.88 Å². The van der Waals surface area contributed by atoms with Gasteiger partial charge >= 0.3 is 5.97 Å². The number of nitrogens with one attached hydrogen (secondary N) is 2. The first-order chi connectivity index (χ1) is 9.10. The van der Waals surface area contributed by atoms with Crippen molar-refractivity contribution in [2.75, 3.05) is 0 Å². The molecule has 1 amide bonds. The molecule has 112 valence electrons. The van der Waals surface area contributed by atoms with Crippen molar-refractivity contribution in [2.45, 2.75) is 52.7 Å². The summed E-state index contributed by atoms with van der Waals surface area (Å²) in [6.07, 6.45) is 0. The van der Waals surface area contributed by atoms with Crippen LogP contribution in [0.5, 0.6) is 0 Å². The van der Waals surface area contributed by atoms with Crippen molar-refractivity contribution >= 4 is 23.2 Å². The molecule has 0 bridgehead atoms. The molecule has 0 aromatic carbocycles. The smallest absolute Gasteiger partial charge is 0.345 e. The van der Waals surface area contributed by atoms with E-state index in [2.05, 4.69) is 10.6 Å². The van der Waals surface area contributed by atoms with Gasteiger partial charge in [0.2, 0.25) is 5.91 Å². The number of thiophene rings is 1. The number of carboxylic acids is 1. The average molecular weight is 298 g/mol. The highest BCUT2D eigenvalue weighted by Gasteiger charge is 2.19. The minimum atomic E-state index is -0.914. The lowest BCUT2D eigenvalue weighted by atomic mass is 10.1. The van der Waals surface area contributed by atoms with E-state index in [0.717, 1.165) is 10.4 Å². The molecule has 1 aromatic rings. The number of carbonyl (C=O) groups is 2. The fraction of sp³-hybridized carbons (Fsp3) is 0.571. The summed E-state index contributed by atoms with van der Waals surface area (Å²) in [5.74, 6) is -0.980. The summed E-state index contributed by atoms with van der Waals surface area (Å²) in [5.41, 5.74) is 0.657. The molecule has 0 saturated carbocycles. The Bertz CT molecular complexity index is 503. The van der Waals surface area contributed by atoms with Crippen molar-refractivity contribution in [1.29, 1.82) is 0 Å². The number of hydrogen-bond acceptors (Lipinski definition) is 4. The zero-order valence-corrected chi connectivity index (χ0v) is 13.4. The SMILES string of the molecule is Cc1sc(C(=O)O)cc1CNC(C)C(=O)NC(C)(C)C. The maximum Gasteiger partial charge on any atom is 0.345 e. The lowest BCUT2D eigenvalue weighted by Gasteiger charge is -2.23. The van der Waals surface area contributed by atoms with E-state index in [0.29, 0.717) is 11.4 Å². The van der Waals surface area contributed by atoms with Gasteiger partial charge in [-0.05, 0) is 46.2 Å².